The summed E-state index contributed by atoms with van der Waals surface area (Å²) in [6, 6.07) is 8.16. The number of hydrogen-bond donors (Lipinski definition) is 3. The molecule has 1 heterocycles. The topological polar surface area (TPSA) is 119 Å². The van der Waals surface area contributed by atoms with Crippen LogP contribution in [0.3, 0.4) is 0 Å². The molecule has 30 heavy (non-hydrogen) atoms. The number of ether oxygens (including phenoxy) is 1. The second-order valence-corrected chi connectivity index (χ2v) is 7.06. The van der Waals surface area contributed by atoms with Crippen molar-refractivity contribution < 1.29 is 29.3 Å². The molecule has 0 spiro atoms. The first-order chi connectivity index (χ1) is 14.4. The van der Waals surface area contributed by atoms with Gasteiger partial charge in [-0.05, 0) is 44.0 Å². The van der Waals surface area contributed by atoms with Crippen LogP contribution in [0.1, 0.15) is 17.5 Å². The van der Waals surface area contributed by atoms with Crippen molar-refractivity contribution in [2.45, 2.75) is 19.9 Å². The molecule has 9 nitrogen and oxygen atoms in total. The highest BCUT2D eigenvalue weighted by Crippen LogP contribution is 2.16. The summed E-state index contributed by atoms with van der Waals surface area (Å²) in [4.78, 5) is 33.4. The van der Waals surface area contributed by atoms with Gasteiger partial charge in [-0.2, -0.15) is 0 Å². The van der Waals surface area contributed by atoms with E-state index in [1.807, 2.05) is 19.2 Å². The molecule has 1 atom stereocenters. The lowest BCUT2D eigenvalue weighted by Gasteiger charge is -2.21. The molecule has 1 unspecified atom stereocenters. The Kier molecular flexibility index (Phi) is 15.9. The van der Waals surface area contributed by atoms with Crippen LogP contribution in [0.15, 0.2) is 24.3 Å². The number of methoxy groups -OCH3 is 1. The normalized spacial score (nSPS) is 15.4. The average Bonchev–Trinajstić information content (AvgIpc) is 3.14. The van der Waals surface area contributed by atoms with Gasteiger partial charge in [0.25, 0.3) is 12.9 Å². The minimum atomic E-state index is -0.250. The van der Waals surface area contributed by atoms with Gasteiger partial charge in [0.05, 0.1) is 13.2 Å². The molecule has 0 saturated carbocycles. The van der Waals surface area contributed by atoms with E-state index in [4.69, 9.17) is 24.5 Å². The lowest BCUT2D eigenvalue weighted by molar-refractivity contribution is -0.123. The Morgan fingerprint density at radius 1 is 1.30 bits per heavy atom. The lowest BCUT2D eigenvalue weighted by atomic mass is 10.1. The summed E-state index contributed by atoms with van der Waals surface area (Å²) in [6.45, 7) is 7.66. The van der Waals surface area contributed by atoms with Crippen molar-refractivity contribution >= 4 is 18.9 Å². The van der Waals surface area contributed by atoms with Crippen LogP contribution in [0, 0.1) is 12.8 Å². The van der Waals surface area contributed by atoms with Gasteiger partial charge >= 0.3 is 0 Å². The van der Waals surface area contributed by atoms with Crippen LogP contribution in [0.25, 0.3) is 0 Å². The van der Waals surface area contributed by atoms with Crippen LogP contribution >= 0.6 is 0 Å². The highest BCUT2D eigenvalue weighted by molar-refractivity contribution is 5.78. The molecular formula is C21H35N3O6. The van der Waals surface area contributed by atoms with E-state index in [0.717, 1.165) is 32.8 Å². The fourth-order valence-corrected chi connectivity index (χ4v) is 3.29. The molecule has 2 rings (SSSR count). The molecule has 1 aliphatic heterocycles. The number of likely N-dealkylation sites (tertiary alicyclic amines) is 1. The van der Waals surface area contributed by atoms with Crippen molar-refractivity contribution in [2.75, 3.05) is 53.5 Å². The molecule has 1 aromatic carbocycles. The van der Waals surface area contributed by atoms with E-state index in [1.165, 1.54) is 17.5 Å². The van der Waals surface area contributed by atoms with E-state index in [1.54, 1.807) is 7.11 Å². The van der Waals surface area contributed by atoms with Crippen molar-refractivity contribution in [3.05, 3.63) is 35.4 Å². The van der Waals surface area contributed by atoms with E-state index in [0.29, 0.717) is 19.0 Å². The Hall–Kier alpha value is -2.49. The van der Waals surface area contributed by atoms with Crippen molar-refractivity contribution in [1.29, 1.82) is 0 Å². The van der Waals surface area contributed by atoms with Crippen molar-refractivity contribution in [3.63, 3.8) is 0 Å². The standard InChI is InChI=1S/C19H31N3O2.2CH2O2/c1-16-6-4-5-7-18(16)12-20-19(23)15-21(2)13-17-8-9-22(14-17)10-11-24-3;2*2-1-3/h4-7,17H,8-15H2,1-3H3,(H,20,23);2*1H,(H,2,3). The predicted molar refractivity (Wildman–Crippen MR) is 114 cm³/mol. The van der Waals surface area contributed by atoms with Gasteiger partial charge in [-0.3, -0.25) is 19.3 Å². The van der Waals surface area contributed by atoms with Crippen LogP contribution in [0.5, 0.6) is 0 Å². The predicted octanol–water partition coefficient (Wildman–Crippen LogP) is 0.913. The Morgan fingerprint density at radius 2 is 1.93 bits per heavy atom. The maximum absolute atomic E-state index is 12.1. The first-order valence-electron chi connectivity index (χ1n) is 9.78. The number of carbonyl (C=O) groups excluding carboxylic acids is 1. The van der Waals surface area contributed by atoms with Crippen LogP contribution in [0.2, 0.25) is 0 Å². The van der Waals surface area contributed by atoms with E-state index < -0.39 is 0 Å². The van der Waals surface area contributed by atoms with Crippen molar-refractivity contribution in [3.8, 4) is 0 Å². The number of benzene rings is 1. The zero-order valence-electron chi connectivity index (χ0n) is 18.1. The first kappa shape index (κ1) is 27.5. The summed E-state index contributed by atoms with van der Waals surface area (Å²) >= 11 is 0. The summed E-state index contributed by atoms with van der Waals surface area (Å²) < 4.78 is 5.14. The van der Waals surface area contributed by atoms with Crippen LogP contribution in [-0.4, -0.2) is 92.4 Å². The summed E-state index contributed by atoms with van der Waals surface area (Å²) in [5.74, 6) is 0.742. The quantitative estimate of drug-likeness (QED) is 0.500. The molecule has 0 aromatic heterocycles. The van der Waals surface area contributed by atoms with Crippen LogP contribution < -0.4 is 5.32 Å². The number of amides is 1. The van der Waals surface area contributed by atoms with Crippen molar-refractivity contribution in [1.82, 2.24) is 15.1 Å². The van der Waals surface area contributed by atoms with E-state index >= 15 is 0 Å². The summed E-state index contributed by atoms with van der Waals surface area (Å²) in [6.07, 6.45) is 1.21. The number of nitrogens with zero attached hydrogens (tertiary/aromatic N) is 2. The second-order valence-electron chi connectivity index (χ2n) is 7.06. The number of nitrogens with one attached hydrogen (secondary N) is 1. The van der Waals surface area contributed by atoms with Crippen LogP contribution in [0.4, 0.5) is 0 Å². The van der Waals surface area contributed by atoms with Crippen LogP contribution in [-0.2, 0) is 25.7 Å². The van der Waals surface area contributed by atoms with Gasteiger partial charge in [-0.25, -0.2) is 0 Å². The van der Waals surface area contributed by atoms with Crippen molar-refractivity contribution in [2.24, 2.45) is 5.92 Å². The van der Waals surface area contributed by atoms with Gasteiger partial charge in [0.15, 0.2) is 0 Å². The number of rotatable bonds is 9. The van der Waals surface area contributed by atoms with Gasteiger partial charge in [-0.1, -0.05) is 24.3 Å². The zero-order valence-corrected chi connectivity index (χ0v) is 18.1. The van der Waals surface area contributed by atoms with Gasteiger partial charge in [-0.15, -0.1) is 0 Å². The largest absolute Gasteiger partial charge is 0.483 e. The molecule has 0 aliphatic carbocycles. The molecule has 170 valence electrons. The molecular weight excluding hydrogens is 390 g/mol. The third-order valence-electron chi connectivity index (χ3n) is 4.70. The first-order valence-corrected chi connectivity index (χ1v) is 9.78. The summed E-state index contributed by atoms with van der Waals surface area (Å²) in [5.41, 5.74) is 2.39. The molecule has 1 aliphatic rings. The Balaban J connectivity index is 0.00000125. The number of hydrogen-bond acceptors (Lipinski definition) is 6. The maximum atomic E-state index is 12.1. The molecule has 1 fully saturated rings. The smallest absolute Gasteiger partial charge is 0.290 e. The Morgan fingerprint density at radius 3 is 2.53 bits per heavy atom. The molecule has 0 radical (unpaired) electrons. The minimum Gasteiger partial charge on any atom is -0.483 e. The number of aryl methyl sites for hydroxylation is 1. The maximum Gasteiger partial charge on any atom is 0.290 e. The average molecular weight is 426 g/mol. The summed E-state index contributed by atoms with van der Waals surface area (Å²) in [7, 11) is 3.78. The molecule has 9 heteroatoms. The SMILES string of the molecule is COCCN1CCC(CN(C)CC(=O)NCc2ccccc2C)C1.O=CO.O=CO. The molecule has 1 aromatic rings. The van der Waals surface area contributed by atoms with Gasteiger partial charge in [0, 0.05) is 33.3 Å². The molecule has 3 N–H and O–H groups in total. The van der Waals surface area contributed by atoms with E-state index in [2.05, 4.69) is 34.2 Å². The highest BCUT2D eigenvalue weighted by Gasteiger charge is 2.23. The molecule has 0 bridgehead atoms. The highest BCUT2D eigenvalue weighted by atomic mass is 16.5. The van der Waals surface area contributed by atoms with Gasteiger partial charge in [0.2, 0.25) is 5.91 Å². The third-order valence-corrected chi connectivity index (χ3v) is 4.70. The second kappa shape index (κ2) is 17.4. The fourth-order valence-electron chi connectivity index (χ4n) is 3.29. The monoisotopic (exact) mass is 425 g/mol. The van der Waals surface area contributed by atoms with E-state index in [9.17, 15) is 4.79 Å². The van der Waals surface area contributed by atoms with Gasteiger partial charge < -0.3 is 25.2 Å². The number of carbonyl (C=O) groups is 3. The molecule has 1 saturated heterocycles. The van der Waals surface area contributed by atoms with Gasteiger partial charge in [0.1, 0.15) is 0 Å². The Labute approximate surface area is 178 Å². The zero-order chi connectivity index (χ0) is 22.8. The minimum absolute atomic E-state index is 0.0926. The lowest BCUT2D eigenvalue weighted by Crippen LogP contribution is -2.37. The number of carboxylic acid groups (broad SMARTS) is 2. The fraction of sp³-hybridized carbons (Fsp3) is 0.571. The molecule has 1 amide bonds. The number of likely N-dealkylation sites (N-methyl/N-ethyl adjacent to an activating group) is 1. The Bertz CT molecular complexity index is 608. The van der Waals surface area contributed by atoms with E-state index in [-0.39, 0.29) is 18.9 Å². The summed E-state index contributed by atoms with van der Waals surface area (Å²) in [5, 5.41) is 16.8. The third kappa shape index (κ3) is 12.9.